The summed E-state index contributed by atoms with van der Waals surface area (Å²) >= 11 is 0. The summed E-state index contributed by atoms with van der Waals surface area (Å²) in [5.41, 5.74) is 2.02. The largest absolute Gasteiger partial charge is 0.294 e. The maximum Gasteiger partial charge on any atom is 0.169 e. The molecule has 2 heteroatoms. The Hall–Kier alpha value is -1.18. The Morgan fingerprint density at radius 3 is 2.56 bits per heavy atom. The zero-order valence-electron chi connectivity index (χ0n) is 11.0. The molecule has 2 bridgehead atoms. The Morgan fingerprint density at radius 2 is 2.00 bits per heavy atom. The third kappa shape index (κ3) is 1.79. The van der Waals surface area contributed by atoms with E-state index >= 15 is 0 Å². The van der Waals surface area contributed by atoms with E-state index < -0.39 is 0 Å². The van der Waals surface area contributed by atoms with Crippen molar-refractivity contribution < 1.29 is 9.18 Å². The number of ketones is 1. The first-order valence-electron chi connectivity index (χ1n) is 6.87. The molecule has 0 aromatic heterocycles. The van der Waals surface area contributed by atoms with Crippen LogP contribution in [-0.4, -0.2) is 5.78 Å². The molecule has 0 spiro atoms. The average Bonchev–Trinajstić information content (AvgIpc) is 2.88. The molecule has 0 heterocycles. The molecule has 0 radical (unpaired) electrons. The number of benzene rings is 1. The molecule has 3 rings (SSSR count). The summed E-state index contributed by atoms with van der Waals surface area (Å²) in [4.78, 5) is 12.5. The van der Waals surface area contributed by atoms with Gasteiger partial charge in [0.2, 0.25) is 0 Å². The molecule has 2 aliphatic carbocycles. The number of carbonyl (C=O) groups excluding carboxylic acids is 1. The van der Waals surface area contributed by atoms with Crippen LogP contribution in [0.25, 0.3) is 0 Å². The van der Waals surface area contributed by atoms with E-state index in [1.165, 1.54) is 18.9 Å². The second kappa shape index (κ2) is 4.18. The van der Waals surface area contributed by atoms with Crippen molar-refractivity contribution in [1.82, 2.24) is 0 Å². The van der Waals surface area contributed by atoms with Crippen molar-refractivity contribution in [1.29, 1.82) is 0 Å². The molecule has 0 aliphatic heterocycles. The zero-order valence-corrected chi connectivity index (χ0v) is 11.0. The first kappa shape index (κ1) is 11.9. The molecule has 0 saturated heterocycles. The first-order valence-corrected chi connectivity index (χ1v) is 6.87. The quantitative estimate of drug-likeness (QED) is 0.719. The molecule has 2 fully saturated rings. The predicted octanol–water partition coefficient (Wildman–Crippen LogP) is 4.06. The van der Waals surface area contributed by atoms with Gasteiger partial charge in [-0.05, 0) is 62.1 Å². The number of hydrogen-bond donors (Lipinski definition) is 0. The summed E-state index contributed by atoms with van der Waals surface area (Å²) in [5, 5.41) is 0. The highest BCUT2D eigenvalue weighted by molar-refractivity contribution is 5.99. The van der Waals surface area contributed by atoms with Gasteiger partial charge in [-0.15, -0.1) is 0 Å². The standard InChI is InChI=1S/C16H19FO/c1-9-5-10(2)15(14(17)6-9)16(18)13-8-11-3-4-12(13)7-11/h5-6,11-13H,3-4,7-8H2,1-2H3. The fourth-order valence-corrected chi connectivity index (χ4v) is 3.98. The van der Waals surface area contributed by atoms with Crippen LogP contribution in [-0.2, 0) is 0 Å². The lowest BCUT2D eigenvalue weighted by Gasteiger charge is -2.21. The van der Waals surface area contributed by atoms with Gasteiger partial charge in [-0.2, -0.15) is 0 Å². The number of rotatable bonds is 2. The molecular formula is C16H19FO. The van der Waals surface area contributed by atoms with Gasteiger partial charge in [0.05, 0.1) is 5.56 Å². The van der Waals surface area contributed by atoms with Crippen molar-refractivity contribution in [3.8, 4) is 0 Å². The monoisotopic (exact) mass is 246 g/mol. The van der Waals surface area contributed by atoms with Crippen LogP contribution in [0.5, 0.6) is 0 Å². The molecule has 3 atom stereocenters. The number of halogens is 1. The topological polar surface area (TPSA) is 17.1 Å². The molecule has 1 aromatic carbocycles. The summed E-state index contributed by atoms with van der Waals surface area (Å²) < 4.78 is 14.0. The van der Waals surface area contributed by atoms with Crippen molar-refractivity contribution in [2.45, 2.75) is 39.5 Å². The van der Waals surface area contributed by atoms with Crippen molar-refractivity contribution in [2.75, 3.05) is 0 Å². The van der Waals surface area contributed by atoms with E-state index in [0.717, 1.165) is 29.9 Å². The molecule has 1 nitrogen and oxygen atoms in total. The Bertz CT molecular complexity index is 483. The maximum absolute atomic E-state index is 14.0. The molecule has 0 N–H and O–H groups in total. The molecule has 96 valence electrons. The van der Waals surface area contributed by atoms with Crippen LogP contribution >= 0.6 is 0 Å². The minimum absolute atomic E-state index is 0.0530. The van der Waals surface area contributed by atoms with Gasteiger partial charge in [0.15, 0.2) is 5.78 Å². The Balaban J connectivity index is 1.93. The van der Waals surface area contributed by atoms with Crippen LogP contribution in [0.4, 0.5) is 4.39 Å². The highest BCUT2D eigenvalue weighted by Gasteiger charge is 2.43. The van der Waals surface area contributed by atoms with E-state index in [2.05, 4.69) is 0 Å². The zero-order chi connectivity index (χ0) is 12.9. The smallest absolute Gasteiger partial charge is 0.169 e. The molecule has 0 amide bonds. The Kier molecular flexibility index (Phi) is 2.76. The van der Waals surface area contributed by atoms with Crippen LogP contribution in [0.2, 0.25) is 0 Å². The fraction of sp³-hybridized carbons (Fsp3) is 0.562. The van der Waals surface area contributed by atoms with Gasteiger partial charge in [0, 0.05) is 5.92 Å². The summed E-state index contributed by atoms with van der Waals surface area (Å²) in [7, 11) is 0. The maximum atomic E-state index is 14.0. The first-order chi connectivity index (χ1) is 8.56. The summed E-state index contributed by atoms with van der Waals surface area (Å²) in [6, 6.07) is 3.39. The number of hydrogen-bond acceptors (Lipinski definition) is 1. The number of aryl methyl sites for hydroxylation is 2. The van der Waals surface area contributed by atoms with E-state index in [1.54, 1.807) is 0 Å². The van der Waals surface area contributed by atoms with E-state index in [0.29, 0.717) is 11.5 Å². The SMILES string of the molecule is Cc1cc(C)c(C(=O)C2CC3CCC2C3)c(F)c1. The van der Waals surface area contributed by atoms with Gasteiger partial charge in [-0.1, -0.05) is 12.5 Å². The van der Waals surface area contributed by atoms with Crippen LogP contribution in [0.3, 0.4) is 0 Å². The van der Waals surface area contributed by atoms with E-state index in [4.69, 9.17) is 0 Å². The molecule has 1 aromatic rings. The third-order valence-electron chi connectivity index (χ3n) is 4.75. The molecule has 2 saturated carbocycles. The Morgan fingerprint density at radius 1 is 1.22 bits per heavy atom. The highest BCUT2D eigenvalue weighted by atomic mass is 19.1. The second-order valence-electron chi connectivity index (χ2n) is 6.08. The number of fused-ring (bicyclic) bond motifs is 2. The molecule has 3 unspecified atom stereocenters. The van der Waals surface area contributed by atoms with Crippen molar-refractivity contribution >= 4 is 5.78 Å². The van der Waals surface area contributed by atoms with Crippen LogP contribution in [0.1, 0.15) is 47.2 Å². The van der Waals surface area contributed by atoms with Gasteiger partial charge in [-0.25, -0.2) is 4.39 Å². The van der Waals surface area contributed by atoms with Crippen LogP contribution < -0.4 is 0 Å². The van der Waals surface area contributed by atoms with Gasteiger partial charge in [0.1, 0.15) is 5.82 Å². The lowest BCUT2D eigenvalue weighted by atomic mass is 9.82. The summed E-state index contributed by atoms with van der Waals surface area (Å²) in [6.45, 7) is 3.71. The minimum Gasteiger partial charge on any atom is -0.294 e. The van der Waals surface area contributed by atoms with Crippen molar-refractivity contribution in [3.05, 3.63) is 34.6 Å². The predicted molar refractivity (Wildman–Crippen MR) is 69.1 cm³/mol. The fourth-order valence-electron chi connectivity index (χ4n) is 3.98. The van der Waals surface area contributed by atoms with E-state index in [9.17, 15) is 9.18 Å². The summed E-state index contributed by atoms with van der Waals surface area (Å²) in [5.74, 6) is 1.04. The van der Waals surface area contributed by atoms with Gasteiger partial charge < -0.3 is 0 Å². The second-order valence-corrected chi connectivity index (χ2v) is 6.08. The van der Waals surface area contributed by atoms with Gasteiger partial charge >= 0.3 is 0 Å². The average molecular weight is 246 g/mol. The minimum atomic E-state index is -0.333. The molecule has 18 heavy (non-hydrogen) atoms. The molecule has 2 aliphatic rings. The van der Waals surface area contributed by atoms with Gasteiger partial charge in [0.25, 0.3) is 0 Å². The third-order valence-corrected chi connectivity index (χ3v) is 4.75. The Labute approximate surface area is 107 Å². The lowest BCUT2D eigenvalue weighted by Crippen LogP contribution is -2.23. The highest BCUT2D eigenvalue weighted by Crippen LogP contribution is 2.49. The normalized spacial score (nSPS) is 29.8. The van der Waals surface area contributed by atoms with E-state index in [1.807, 2.05) is 19.9 Å². The lowest BCUT2D eigenvalue weighted by molar-refractivity contribution is 0.0870. The number of Topliss-reactive ketones (excluding diaryl/α,β-unsaturated/α-hetero) is 1. The number of carbonyl (C=O) groups is 1. The summed E-state index contributed by atoms with van der Waals surface area (Å²) in [6.07, 6.45) is 4.59. The van der Waals surface area contributed by atoms with Crippen LogP contribution in [0.15, 0.2) is 12.1 Å². The molecular weight excluding hydrogens is 227 g/mol. The van der Waals surface area contributed by atoms with Crippen molar-refractivity contribution in [2.24, 2.45) is 17.8 Å². The van der Waals surface area contributed by atoms with Gasteiger partial charge in [-0.3, -0.25) is 4.79 Å². The van der Waals surface area contributed by atoms with Crippen molar-refractivity contribution in [3.63, 3.8) is 0 Å². The van der Waals surface area contributed by atoms with E-state index in [-0.39, 0.29) is 17.5 Å². The van der Waals surface area contributed by atoms with Crippen LogP contribution in [0, 0.1) is 37.4 Å².